The number of H-pyrrole nitrogens is 1. The van der Waals surface area contributed by atoms with Crippen molar-refractivity contribution in [3.05, 3.63) is 59.2 Å². The lowest BCUT2D eigenvalue weighted by molar-refractivity contribution is 0.0696. The van der Waals surface area contributed by atoms with Crippen LogP contribution < -0.4 is 5.56 Å². The molecule has 8 heteroatoms. The van der Waals surface area contributed by atoms with Crippen LogP contribution in [0.4, 0.5) is 0 Å². The lowest BCUT2D eigenvalue weighted by Gasteiger charge is -2.00. The Morgan fingerprint density at radius 1 is 1.33 bits per heavy atom. The van der Waals surface area contributed by atoms with E-state index in [-0.39, 0.29) is 18.5 Å². The molecular formula is C13H13N5O3. The van der Waals surface area contributed by atoms with Crippen LogP contribution in [-0.2, 0) is 0 Å². The molecule has 0 spiro atoms. The maximum Gasteiger partial charge on any atom is 0.337 e. The van der Waals surface area contributed by atoms with Crippen molar-refractivity contribution in [2.75, 3.05) is 0 Å². The van der Waals surface area contributed by atoms with Crippen LogP contribution in [-0.4, -0.2) is 35.4 Å². The summed E-state index contributed by atoms with van der Waals surface area (Å²) in [6, 6.07) is 2.84. The highest BCUT2D eigenvalue weighted by atomic mass is 16.4. The normalized spacial score (nSPS) is 10.1. The molecule has 0 fully saturated rings. The fourth-order valence-electron chi connectivity index (χ4n) is 1.76. The number of nitrogens with one attached hydrogen (secondary N) is 1. The Kier molecular flexibility index (Phi) is 3.70. The van der Waals surface area contributed by atoms with Crippen LogP contribution in [0, 0.1) is 0 Å². The van der Waals surface area contributed by atoms with E-state index in [4.69, 9.17) is 5.11 Å². The van der Waals surface area contributed by atoms with E-state index >= 15 is 0 Å². The molecule has 108 valence electrons. The number of carboxylic acids is 1. The number of aromatic amines is 1. The highest BCUT2D eigenvalue weighted by molar-refractivity contribution is 5.87. The molecule has 0 saturated carbocycles. The van der Waals surface area contributed by atoms with Crippen molar-refractivity contribution in [3.8, 4) is 11.5 Å². The molecule has 0 radical (unpaired) electrons. The van der Waals surface area contributed by atoms with Gasteiger partial charge >= 0.3 is 5.97 Å². The Morgan fingerprint density at radius 2 is 2.14 bits per heavy atom. The molecule has 0 bridgehead atoms. The minimum atomic E-state index is -1.07. The maximum absolute atomic E-state index is 12.2. The summed E-state index contributed by atoms with van der Waals surface area (Å²) in [6.45, 7) is 0. The van der Waals surface area contributed by atoms with Gasteiger partial charge in [-0.15, -0.1) is 0 Å². The van der Waals surface area contributed by atoms with Gasteiger partial charge in [-0.3, -0.25) is 14.5 Å². The molecule has 0 aliphatic heterocycles. The van der Waals surface area contributed by atoms with Crippen LogP contribution >= 0.6 is 0 Å². The summed E-state index contributed by atoms with van der Waals surface area (Å²) in [5.41, 5.74) is 0.147. The second-order valence-corrected chi connectivity index (χ2v) is 3.98. The van der Waals surface area contributed by atoms with Crippen molar-refractivity contribution in [1.82, 2.24) is 24.3 Å². The first kappa shape index (κ1) is 14.3. The Bertz CT molecular complexity index is 799. The van der Waals surface area contributed by atoms with Gasteiger partial charge in [0, 0.05) is 24.8 Å². The summed E-state index contributed by atoms with van der Waals surface area (Å²) in [5.74, 6) is -0.756. The van der Waals surface area contributed by atoms with Gasteiger partial charge < -0.3 is 5.11 Å². The number of nitrogens with zero attached hydrogens (tertiary/aromatic N) is 4. The van der Waals surface area contributed by atoms with E-state index in [1.165, 1.54) is 35.5 Å². The molecule has 0 aromatic carbocycles. The monoisotopic (exact) mass is 287 g/mol. The fraction of sp³-hybridized carbons (Fsp3) is 0.0769. The Labute approximate surface area is 119 Å². The molecule has 2 N–H and O–H groups in total. The van der Waals surface area contributed by atoms with Crippen LogP contribution in [0.25, 0.3) is 11.5 Å². The molecule has 3 aromatic heterocycles. The van der Waals surface area contributed by atoms with Gasteiger partial charge in [-0.25, -0.2) is 14.8 Å². The topological polar surface area (TPSA) is 106 Å². The second-order valence-electron chi connectivity index (χ2n) is 3.98. The fourth-order valence-corrected chi connectivity index (χ4v) is 1.76. The summed E-state index contributed by atoms with van der Waals surface area (Å²) in [6.07, 6.45) is 7.45. The van der Waals surface area contributed by atoms with Gasteiger partial charge in [0.2, 0.25) is 0 Å². The molecule has 3 heterocycles. The molecule has 3 rings (SSSR count). The molecule has 0 aliphatic rings. The van der Waals surface area contributed by atoms with Crippen molar-refractivity contribution in [2.24, 2.45) is 0 Å². The predicted octanol–water partition coefficient (Wildman–Crippen LogP) is 1.08. The predicted molar refractivity (Wildman–Crippen MR) is 75.0 cm³/mol. The molecule has 0 amide bonds. The number of aromatic carboxylic acids is 1. The molecule has 0 atom stereocenters. The SMILES string of the molecule is C.O=C(O)c1ccc(-n2[nH]cc(-n3ccnc3)c2=O)nc1. The number of carbonyl (C=O) groups is 1. The first-order chi connectivity index (χ1) is 9.66. The number of imidazole rings is 1. The first-order valence-electron chi connectivity index (χ1n) is 5.65. The molecule has 0 unspecified atom stereocenters. The van der Waals surface area contributed by atoms with Crippen molar-refractivity contribution >= 4 is 5.97 Å². The minimum absolute atomic E-state index is 0. The zero-order valence-corrected chi connectivity index (χ0v) is 10.1. The number of aromatic nitrogens is 5. The summed E-state index contributed by atoms with van der Waals surface area (Å²) >= 11 is 0. The van der Waals surface area contributed by atoms with E-state index in [9.17, 15) is 9.59 Å². The van der Waals surface area contributed by atoms with Crippen LogP contribution in [0.5, 0.6) is 0 Å². The Morgan fingerprint density at radius 3 is 2.71 bits per heavy atom. The van der Waals surface area contributed by atoms with Crippen LogP contribution in [0.1, 0.15) is 17.8 Å². The third-order valence-electron chi connectivity index (χ3n) is 2.76. The van der Waals surface area contributed by atoms with E-state index in [1.807, 2.05) is 0 Å². The quantitative estimate of drug-likeness (QED) is 0.749. The van der Waals surface area contributed by atoms with Gasteiger partial charge in [0.1, 0.15) is 5.69 Å². The van der Waals surface area contributed by atoms with E-state index in [0.29, 0.717) is 11.5 Å². The highest BCUT2D eigenvalue weighted by Crippen LogP contribution is 2.05. The molecule has 0 saturated heterocycles. The van der Waals surface area contributed by atoms with E-state index in [2.05, 4.69) is 15.1 Å². The number of pyridine rings is 1. The van der Waals surface area contributed by atoms with Crippen LogP contribution in [0.15, 0.2) is 48.0 Å². The molecular weight excluding hydrogens is 274 g/mol. The van der Waals surface area contributed by atoms with Gasteiger partial charge in [0.05, 0.1) is 11.9 Å². The second kappa shape index (κ2) is 5.45. The lowest BCUT2D eigenvalue weighted by Crippen LogP contribution is -2.19. The largest absolute Gasteiger partial charge is 0.478 e. The standard InChI is InChI=1S/C12H9N5O3.CH4/c18-11-9(16-4-3-13-7-16)6-15-17(11)10-2-1-8(5-14-10)12(19)20;/h1-7,15H,(H,19,20);1H4. The number of hydrogen-bond acceptors (Lipinski definition) is 4. The van der Waals surface area contributed by atoms with Gasteiger partial charge in [-0.1, -0.05) is 7.43 Å². The molecule has 8 nitrogen and oxygen atoms in total. The summed E-state index contributed by atoms with van der Waals surface area (Å²) in [5, 5.41) is 11.6. The Hall–Kier alpha value is -3.16. The zero-order chi connectivity index (χ0) is 14.1. The third-order valence-corrected chi connectivity index (χ3v) is 2.76. The Balaban J connectivity index is 0.00000161. The summed E-state index contributed by atoms with van der Waals surface area (Å²) < 4.78 is 2.79. The summed E-state index contributed by atoms with van der Waals surface area (Å²) in [4.78, 5) is 30.8. The van der Waals surface area contributed by atoms with Crippen LogP contribution in [0.3, 0.4) is 0 Å². The van der Waals surface area contributed by atoms with E-state index in [1.54, 1.807) is 17.0 Å². The van der Waals surface area contributed by atoms with Gasteiger partial charge in [-0.05, 0) is 12.1 Å². The highest BCUT2D eigenvalue weighted by Gasteiger charge is 2.11. The molecule has 0 aliphatic carbocycles. The number of hydrogen-bond donors (Lipinski definition) is 2. The maximum atomic E-state index is 12.2. The van der Waals surface area contributed by atoms with Gasteiger partial charge in [0.25, 0.3) is 5.56 Å². The van der Waals surface area contributed by atoms with Crippen molar-refractivity contribution < 1.29 is 9.90 Å². The van der Waals surface area contributed by atoms with Crippen molar-refractivity contribution in [3.63, 3.8) is 0 Å². The lowest BCUT2D eigenvalue weighted by atomic mass is 10.3. The van der Waals surface area contributed by atoms with Gasteiger partial charge in [-0.2, -0.15) is 4.68 Å². The van der Waals surface area contributed by atoms with E-state index < -0.39 is 5.97 Å². The van der Waals surface area contributed by atoms with Crippen LogP contribution in [0.2, 0.25) is 0 Å². The minimum Gasteiger partial charge on any atom is -0.478 e. The first-order valence-corrected chi connectivity index (χ1v) is 5.65. The molecule has 21 heavy (non-hydrogen) atoms. The van der Waals surface area contributed by atoms with Gasteiger partial charge in [0.15, 0.2) is 5.82 Å². The van der Waals surface area contributed by atoms with E-state index in [0.717, 1.165) is 0 Å². The zero-order valence-electron chi connectivity index (χ0n) is 10.1. The number of carboxylic acid groups (broad SMARTS) is 1. The average molecular weight is 287 g/mol. The smallest absolute Gasteiger partial charge is 0.337 e. The summed E-state index contributed by atoms with van der Waals surface area (Å²) in [7, 11) is 0. The number of rotatable bonds is 3. The van der Waals surface area contributed by atoms with Crippen molar-refractivity contribution in [2.45, 2.75) is 7.43 Å². The van der Waals surface area contributed by atoms with Crippen molar-refractivity contribution in [1.29, 1.82) is 0 Å². The third kappa shape index (κ3) is 2.46. The molecule has 3 aromatic rings. The average Bonchev–Trinajstić information content (AvgIpc) is 3.08.